The molecule has 7 nitrogen and oxygen atoms in total. The van der Waals surface area contributed by atoms with E-state index in [2.05, 4.69) is 24.3 Å². The normalized spacial score (nSPS) is 19.0. The van der Waals surface area contributed by atoms with Crippen molar-refractivity contribution in [1.29, 1.82) is 0 Å². The Balaban J connectivity index is 1.63. The van der Waals surface area contributed by atoms with Crippen LogP contribution in [0.3, 0.4) is 0 Å². The topological polar surface area (TPSA) is 102 Å². The van der Waals surface area contributed by atoms with E-state index in [9.17, 15) is 14.7 Å². The lowest BCUT2D eigenvalue weighted by Gasteiger charge is -2.39. The summed E-state index contributed by atoms with van der Waals surface area (Å²) in [5.41, 5.74) is -0.349. The molecule has 1 atom stereocenters. The van der Waals surface area contributed by atoms with Gasteiger partial charge in [-0.05, 0) is 49.6 Å². The van der Waals surface area contributed by atoms with E-state index in [1.807, 2.05) is 6.08 Å². The maximum Gasteiger partial charge on any atom is 0.304 e. The highest BCUT2D eigenvalue weighted by Crippen LogP contribution is 2.46. The largest absolute Gasteiger partial charge is 0.481 e. The lowest BCUT2D eigenvalue weighted by atomic mass is 9.67. The van der Waals surface area contributed by atoms with Gasteiger partial charge in [0.25, 0.3) is 11.8 Å². The SMILES string of the molecule is CCC(C)CCC/C=C\NC(=O)c1onc(OCC2(CC(=O)O)CCC2)c1SC1CCCCC1. The van der Waals surface area contributed by atoms with E-state index < -0.39 is 5.97 Å². The molecule has 190 valence electrons. The van der Waals surface area contributed by atoms with E-state index in [0.29, 0.717) is 16.0 Å². The first-order valence-electron chi connectivity index (χ1n) is 12.9. The lowest BCUT2D eigenvalue weighted by molar-refractivity contribution is -0.142. The summed E-state index contributed by atoms with van der Waals surface area (Å²) in [6, 6.07) is 0. The summed E-state index contributed by atoms with van der Waals surface area (Å²) in [5.74, 6) is 0.0779. The number of hydrogen-bond donors (Lipinski definition) is 2. The van der Waals surface area contributed by atoms with Gasteiger partial charge in [-0.25, -0.2) is 0 Å². The van der Waals surface area contributed by atoms with Crippen LogP contribution in [0.25, 0.3) is 0 Å². The first kappa shape index (κ1) is 26.6. The molecular weight excluding hydrogens is 452 g/mol. The van der Waals surface area contributed by atoms with Crippen molar-refractivity contribution in [1.82, 2.24) is 10.5 Å². The second kappa shape index (κ2) is 13.2. The molecule has 3 rings (SSSR count). The molecule has 34 heavy (non-hydrogen) atoms. The zero-order chi connectivity index (χ0) is 24.4. The second-order valence-corrected chi connectivity index (χ2v) is 11.4. The van der Waals surface area contributed by atoms with Gasteiger partial charge in [-0.3, -0.25) is 9.59 Å². The Bertz CT molecular complexity index is 827. The standard InChI is InChI=1S/C26H40N2O5S/c1-3-19(2)11-6-5-9-16-27-24(31)22-23(34-20-12-7-4-8-13-20)25(28-33-22)32-18-26(14-10-15-26)17-21(29)30/h9,16,19-20H,3-8,10-15,17-18H2,1-2H3,(H,27,31)(H,29,30)/b16-9-. The number of unbranched alkanes of at least 4 members (excludes halogenated alkanes) is 1. The van der Waals surface area contributed by atoms with Crippen LogP contribution in [-0.4, -0.2) is 34.0 Å². The molecule has 1 amide bonds. The summed E-state index contributed by atoms with van der Waals surface area (Å²) in [5, 5.41) is 16.6. The molecule has 0 saturated heterocycles. The number of nitrogens with one attached hydrogen (secondary N) is 1. The summed E-state index contributed by atoms with van der Waals surface area (Å²) in [4.78, 5) is 24.8. The van der Waals surface area contributed by atoms with Crippen LogP contribution in [0.15, 0.2) is 21.7 Å². The quantitative estimate of drug-likeness (QED) is 0.283. The van der Waals surface area contributed by atoms with Crippen molar-refractivity contribution in [3.8, 4) is 5.88 Å². The number of carboxylic acids is 1. The Labute approximate surface area is 207 Å². The smallest absolute Gasteiger partial charge is 0.304 e. The summed E-state index contributed by atoms with van der Waals surface area (Å²) >= 11 is 1.61. The lowest BCUT2D eigenvalue weighted by Crippen LogP contribution is -2.37. The number of amides is 1. The minimum absolute atomic E-state index is 0.0884. The average molecular weight is 493 g/mol. The minimum Gasteiger partial charge on any atom is -0.481 e. The summed E-state index contributed by atoms with van der Waals surface area (Å²) < 4.78 is 11.5. The van der Waals surface area contributed by atoms with Crippen molar-refractivity contribution < 1.29 is 24.0 Å². The van der Waals surface area contributed by atoms with Crippen molar-refractivity contribution in [2.24, 2.45) is 11.3 Å². The number of nitrogens with zero attached hydrogens (tertiary/aromatic N) is 1. The number of ether oxygens (including phenoxy) is 1. The van der Waals surface area contributed by atoms with Crippen LogP contribution in [0.5, 0.6) is 5.88 Å². The predicted octanol–water partition coefficient (Wildman–Crippen LogP) is 6.58. The number of carboxylic acid groups (broad SMARTS) is 1. The molecule has 0 spiro atoms. The van der Waals surface area contributed by atoms with Crippen LogP contribution >= 0.6 is 11.8 Å². The Hall–Kier alpha value is -1.96. The predicted molar refractivity (Wildman–Crippen MR) is 133 cm³/mol. The zero-order valence-electron chi connectivity index (χ0n) is 20.6. The summed E-state index contributed by atoms with van der Waals surface area (Å²) in [6.07, 6.45) is 16.6. The van der Waals surface area contributed by atoms with Crippen LogP contribution in [0.2, 0.25) is 0 Å². The van der Waals surface area contributed by atoms with Crippen molar-refractivity contribution in [3.63, 3.8) is 0 Å². The molecule has 0 bridgehead atoms. The number of thioether (sulfide) groups is 1. The molecule has 1 aromatic rings. The number of aromatic nitrogens is 1. The molecule has 2 fully saturated rings. The molecule has 2 N–H and O–H groups in total. The van der Waals surface area contributed by atoms with Gasteiger partial charge in [-0.15, -0.1) is 11.8 Å². The highest BCUT2D eigenvalue weighted by molar-refractivity contribution is 8.00. The van der Waals surface area contributed by atoms with Crippen molar-refractivity contribution in [2.75, 3.05) is 6.61 Å². The van der Waals surface area contributed by atoms with E-state index in [1.54, 1.807) is 18.0 Å². The Morgan fingerprint density at radius 1 is 1.29 bits per heavy atom. The first-order valence-corrected chi connectivity index (χ1v) is 13.8. The van der Waals surface area contributed by atoms with Crippen LogP contribution in [0.1, 0.15) is 108 Å². The fraction of sp³-hybridized carbons (Fsp3) is 0.731. The van der Waals surface area contributed by atoms with Gasteiger partial charge < -0.3 is 19.7 Å². The minimum atomic E-state index is -0.809. The van der Waals surface area contributed by atoms with E-state index >= 15 is 0 Å². The number of allylic oxidation sites excluding steroid dienone is 1. The Morgan fingerprint density at radius 3 is 2.71 bits per heavy atom. The monoisotopic (exact) mass is 492 g/mol. The highest BCUT2D eigenvalue weighted by Gasteiger charge is 2.40. The summed E-state index contributed by atoms with van der Waals surface area (Å²) in [7, 11) is 0. The highest BCUT2D eigenvalue weighted by atomic mass is 32.2. The number of hydrogen-bond acceptors (Lipinski definition) is 6. The van der Waals surface area contributed by atoms with E-state index in [4.69, 9.17) is 9.26 Å². The van der Waals surface area contributed by atoms with Gasteiger partial charge >= 0.3 is 5.97 Å². The van der Waals surface area contributed by atoms with E-state index in [-0.39, 0.29) is 30.1 Å². The maximum atomic E-state index is 12.9. The molecular formula is C26H40N2O5S. The van der Waals surface area contributed by atoms with Crippen LogP contribution < -0.4 is 10.1 Å². The summed E-state index contributed by atoms with van der Waals surface area (Å²) in [6.45, 7) is 4.74. The van der Waals surface area contributed by atoms with Gasteiger partial charge in [0.15, 0.2) is 0 Å². The third-order valence-electron chi connectivity index (χ3n) is 7.22. The van der Waals surface area contributed by atoms with E-state index in [1.165, 1.54) is 32.1 Å². The fourth-order valence-electron chi connectivity index (χ4n) is 4.62. The molecule has 2 saturated carbocycles. The average Bonchev–Trinajstić information content (AvgIpc) is 3.20. The third-order valence-corrected chi connectivity index (χ3v) is 8.62. The number of rotatable bonds is 14. The molecule has 0 aliphatic heterocycles. The third kappa shape index (κ3) is 7.79. The number of carbonyl (C=O) groups is 2. The first-order chi connectivity index (χ1) is 16.4. The van der Waals surface area contributed by atoms with Gasteiger partial charge in [0, 0.05) is 16.9 Å². The maximum absolute atomic E-state index is 12.9. The van der Waals surface area contributed by atoms with Gasteiger partial charge in [0.05, 0.1) is 13.0 Å². The van der Waals surface area contributed by atoms with Gasteiger partial charge in [0.1, 0.15) is 4.90 Å². The second-order valence-electron chi connectivity index (χ2n) is 10.1. The van der Waals surface area contributed by atoms with E-state index in [0.717, 1.165) is 50.9 Å². The number of carbonyl (C=O) groups excluding carboxylic acids is 1. The molecule has 2 aliphatic carbocycles. The fourth-order valence-corrected chi connectivity index (χ4v) is 5.96. The zero-order valence-corrected chi connectivity index (χ0v) is 21.5. The van der Waals surface area contributed by atoms with Crippen molar-refractivity contribution in [2.45, 2.75) is 107 Å². The molecule has 0 aromatic carbocycles. The molecule has 0 radical (unpaired) electrons. The molecule has 1 unspecified atom stereocenters. The van der Waals surface area contributed by atoms with Gasteiger partial charge in [-0.2, -0.15) is 0 Å². The molecule has 2 aliphatic rings. The number of aliphatic carboxylic acids is 1. The Kier molecular flexibility index (Phi) is 10.4. The van der Waals surface area contributed by atoms with Crippen molar-refractivity contribution >= 4 is 23.6 Å². The van der Waals surface area contributed by atoms with Gasteiger partial charge in [-0.1, -0.05) is 58.4 Å². The van der Waals surface area contributed by atoms with Crippen LogP contribution in [-0.2, 0) is 4.79 Å². The molecule has 1 heterocycles. The van der Waals surface area contributed by atoms with Gasteiger partial charge in [0.2, 0.25) is 5.76 Å². The Morgan fingerprint density at radius 2 is 2.06 bits per heavy atom. The van der Waals surface area contributed by atoms with Crippen LogP contribution in [0.4, 0.5) is 0 Å². The van der Waals surface area contributed by atoms with Crippen LogP contribution in [0, 0.1) is 11.3 Å². The molecule has 1 aromatic heterocycles. The molecule has 8 heteroatoms. The van der Waals surface area contributed by atoms with Crippen molar-refractivity contribution in [3.05, 3.63) is 18.0 Å².